The summed E-state index contributed by atoms with van der Waals surface area (Å²) in [5, 5.41) is 2.70. The van der Waals surface area contributed by atoms with Gasteiger partial charge in [-0.3, -0.25) is 4.79 Å². The van der Waals surface area contributed by atoms with Gasteiger partial charge in [-0.05, 0) is 54.8 Å². The predicted octanol–water partition coefficient (Wildman–Crippen LogP) is 2.80. The first-order valence-electron chi connectivity index (χ1n) is 8.69. The Morgan fingerprint density at radius 3 is 2.07 bits per heavy atom. The van der Waals surface area contributed by atoms with Gasteiger partial charge in [-0.2, -0.15) is 0 Å². The van der Waals surface area contributed by atoms with Crippen LogP contribution in [0.1, 0.15) is 27.0 Å². The number of nitrogens with one attached hydrogen (secondary N) is 1. The van der Waals surface area contributed by atoms with Gasteiger partial charge in [0, 0.05) is 6.54 Å². The molecule has 7 nitrogen and oxygen atoms in total. The van der Waals surface area contributed by atoms with Crippen LogP contribution in [-0.4, -0.2) is 39.8 Å². The third-order valence-corrected chi connectivity index (χ3v) is 4.29. The highest BCUT2D eigenvalue weighted by Crippen LogP contribution is 2.38. The van der Waals surface area contributed by atoms with E-state index in [-0.39, 0.29) is 13.2 Å². The number of benzene rings is 2. The lowest BCUT2D eigenvalue weighted by Crippen LogP contribution is -2.28. The largest absolute Gasteiger partial charge is 0.493 e. The maximum Gasteiger partial charge on any atom is 0.338 e. The molecule has 1 amide bonds. The highest BCUT2D eigenvalue weighted by molar-refractivity contribution is 5.91. The normalized spacial score (nSPS) is 10.2. The third-order valence-electron chi connectivity index (χ3n) is 4.29. The van der Waals surface area contributed by atoms with Gasteiger partial charge < -0.3 is 24.3 Å². The molecule has 0 aliphatic rings. The molecular weight excluding hydrogens is 362 g/mol. The average molecular weight is 387 g/mol. The zero-order chi connectivity index (χ0) is 20.7. The number of ether oxygens (including phenoxy) is 4. The fourth-order valence-corrected chi connectivity index (χ4v) is 2.57. The van der Waals surface area contributed by atoms with Crippen molar-refractivity contribution in [3.63, 3.8) is 0 Å². The summed E-state index contributed by atoms with van der Waals surface area (Å²) in [6.07, 6.45) is 0. The molecule has 0 unspecified atom stereocenters. The first-order chi connectivity index (χ1) is 13.4. The van der Waals surface area contributed by atoms with E-state index < -0.39 is 11.9 Å². The molecular formula is C21H25NO6. The quantitative estimate of drug-likeness (QED) is 0.702. The number of carbonyl (C=O) groups excluding carboxylic acids is 2. The molecule has 0 aromatic heterocycles. The van der Waals surface area contributed by atoms with Gasteiger partial charge >= 0.3 is 5.97 Å². The second-order valence-corrected chi connectivity index (χ2v) is 6.19. The highest BCUT2D eigenvalue weighted by atomic mass is 16.5. The zero-order valence-electron chi connectivity index (χ0n) is 16.8. The van der Waals surface area contributed by atoms with Gasteiger partial charge in [0.25, 0.3) is 5.91 Å². The van der Waals surface area contributed by atoms with E-state index in [1.54, 1.807) is 24.3 Å². The van der Waals surface area contributed by atoms with Crippen molar-refractivity contribution in [2.24, 2.45) is 0 Å². The molecule has 0 saturated carbocycles. The monoisotopic (exact) mass is 387 g/mol. The number of aryl methyl sites for hydroxylation is 2. The highest BCUT2D eigenvalue weighted by Gasteiger charge is 2.14. The van der Waals surface area contributed by atoms with E-state index in [1.807, 2.05) is 19.9 Å². The number of hydrogen-bond donors (Lipinski definition) is 1. The van der Waals surface area contributed by atoms with Crippen molar-refractivity contribution in [1.29, 1.82) is 0 Å². The Bertz CT molecular complexity index is 837. The van der Waals surface area contributed by atoms with Crippen LogP contribution in [-0.2, 0) is 16.1 Å². The Balaban J connectivity index is 1.93. The Morgan fingerprint density at radius 1 is 0.893 bits per heavy atom. The van der Waals surface area contributed by atoms with Gasteiger partial charge in [-0.25, -0.2) is 4.79 Å². The van der Waals surface area contributed by atoms with Crippen LogP contribution in [0.25, 0.3) is 0 Å². The van der Waals surface area contributed by atoms with Crippen LogP contribution in [0, 0.1) is 13.8 Å². The smallest absolute Gasteiger partial charge is 0.338 e. The molecule has 28 heavy (non-hydrogen) atoms. The summed E-state index contributed by atoms with van der Waals surface area (Å²) in [6, 6.07) is 8.74. The van der Waals surface area contributed by atoms with Gasteiger partial charge in [0.05, 0.1) is 26.9 Å². The second kappa shape index (κ2) is 9.64. The first kappa shape index (κ1) is 21.1. The molecule has 0 aliphatic carbocycles. The van der Waals surface area contributed by atoms with Crippen LogP contribution in [0.3, 0.4) is 0 Å². The third kappa shape index (κ3) is 5.16. The Labute approximate surface area is 164 Å². The maximum atomic E-state index is 12.1. The molecule has 0 fully saturated rings. The molecule has 1 N–H and O–H groups in total. The average Bonchev–Trinajstić information content (AvgIpc) is 2.71. The Hall–Kier alpha value is -3.22. The van der Waals surface area contributed by atoms with Crippen molar-refractivity contribution < 1.29 is 28.5 Å². The minimum atomic E-state index is -0.536. The fraction of sp³-hybridized carbons (Fsp3) is 0.333. The summed E-state index contributed by atoms with van der Waals surface area (Å²) < 4.78 is 20.9. The van der Waals surface area contributed by atoms with Crippen LogP contribution in [0.4, 0.5) is 0 Å². The number of rotatable bonds is 8. The molecule has 2 aromatic rings. The van der Waals surface area contributed by atoms with Crippen molar-refractivity contribution in [3.8, 4) is 17.2 Å². The molecule has 7 heteroatoms. The molecule has 0 saturated heterocycles. The summed E-state index contributed by atoms with van der Waals surface area (Å²) in [6.45, 7) is 3.73. The van der Waals surface area contributed by atoms with E-state index in [0.29, 0.717) is 22.8 Å². The lowest BCUT2D eigenvalue weighted by molar-refractivity contribution is -0.124. The van der Waals surface area contributed by atoms with Gasteiger partial charge in [0.1, 0.15) is 0 Å². The molecule has 2 aromatic carbocycles. The summed E-state index contributed by atoms with van der Waals surface area (Å²) in [7, 11) is 4.56. The van der Waals surface area contributed by atoms with Gasteiger partial charge in [0.2, 0.25) is 5.75 Å². The number of carbonyl (C=O) groups is 2. The predicted molar refractivity (Wildman–Crippen MR) is 104 cm³/mol. The molecule has 0 radical (unpaired) electrons. The van der Waals surface area contributed by atoms with E-state index in [0.717, 1.165) is 16.7 Å². The van der Waals surface area contributed by atoms with Crippen molar-refractivity contribution in [2.75, 3.05) is 27.9 Å². The van der Waals surface area contributed by atoms with E-state index in [1.165, 1.54) is 21.3 Å². The Kier molecular flexibility index (Phi) is 7.26. The second-order valence-electron chi connectivity index (χ2n) is 6.19. The number of methoxy groups -OCH3 is 3. The lowest BCUT2D eigenvalue weighted by Gasteiger charge is -2.14. The Morgan fingerprint density at radius 2 is 1.54 bits per heavy atom. The molecule has 0 bridgehead atoms. The van der Waals surface area contributed by atoms with Gasteiger partial charge in [-0.1, -0.05) is 6.07 Å². The number of hydrogen-bond acceptors (Lipinski definition) is 6. The van der Waals surface area contributed by atoms with E-state index in [2.05, 4.69) is 5.32 Å². The summed E-state index contributed by atoms with van der Waals surface area (Å²) >= 11 is 0. The first-order valence-corrected chi connectivity index (χ1v) is 8.69. The maximum absolute atomic E-state index is 12.1. The van der Waals surface area contributed by atoms with Crippen molar-refractivity contribution in [1.82, 2.24) is 5.32 Å². The van der Waals surface area contributed by atoms with Crippen molar-refractivity contribution in [2.45, 2.75) is 20.4 Å². The molecule has 0 heterocycles. The minimum absolute atomic E-state index is 0.219. The van der Waals surface area contributed by atoms with Crippen LogP contribution in [0.15, 0.2) is 30.3 Å². The summed E-state index contributed by atoms with van der Waals surface area (Å²) in [5.41, 5.74) is 3.24. The topological polar surface area (TPSA) is 83.1 Å². The summed E-state index contributed by atoms with van der Waals surface area (Å²) in [5.74, 6) is 0.513. The van der Waals surface area contributed by atoms with Crippen molar-refractivity contribution >= 4 is 11.9 Å². The fourth-order valence-electron chi connectivity index (χ4n) is 2.57. The molecule has 150 valence electrons. The van der Waals surface area contributed by atoms with Crippen molar-refractivity contribution in [3.05, 3.63) is 52.6 Å². The van der Waals surface area contributed by atoms with Crippen LogP contribution >= 0.6 is 0 Å². The van der Waals surface area contributed by atoms with Crippen LogP contribution in [0.2, 0.25) is 0 Å². The SMILES string of the molecule is COc1cc(CNC(=O)COC(=O)c2ccc(C)c(C)c2)cc(OC)c1OC. The number of amides is 1. The minimum Gasteiger partial charge on any atom is -0.493 e. The molecule has 2 rings (SSSR count). The van der Waals surface area contributed by atoms with E-state index in [9.17, 15) is 9.59 Å². The van der Waals surface area contributed by atoms with Gasteiger partial charge in [0.15, 0.2) is 18.1 Å². The lowest BCUT2D eigenvalue weighted by atomic mass is 10.1. The van der Waals surface area contributed by atoms with Crippen LogP contribution in [0.5, 0.6) is 17.2 Å². The standard InChI is InChI=1S/C21H25NO6/c1-13-6-7-16(8-14(13)2)21(24)28-12-19(23)22-11-15-9-17(25-3)20(27-5)18(10-15)26-4/h6-10H,11-12H2,1-5H3,(H,22,23). The van der Waals surface area contributed by atoms with E-state index >= 15 is 0 Å². The molecule has 0 aliphatic heterocycles. The van der Waals surface area contributed by atoms with Gasteiger partial charge in [-0.15, -0.1) is 0 Å². The summed E-state index contributed by atoms with van der Waals surface area (Å²) in [4.78, 5) is 24.1. The molecule has 0 spiro atoms. The zero-order valence-corrected chi connectivity index (χ0v) is 16.8. The van der Waals surface area contributed by atoms with E-state index in [4.69, 9.17) is 18.9 Å². The molecule has 0 atom stereocenters. The van der Waals surface area contributed by atoms with Crippen LogP contribution < -0.4 is 19.5 Å². The number of esters is 1.